The minimum atomic E-state index is -0.327. The van der Waals surface area contributed by atoms with Crippen LogP contribution in [0, 0.1) is 0 Å². The van der Waals surface area contributed by atoms with Gasteiger partial charge in [0.2, 0.25) is 5.91 Å². The molecule has 14 heavy (non-hydrogen) atoms. The lowest BCUT2D eigenvalue weighted by molar-refractivity contribution is -0.126. The van der Waals surface area contributed by atoms with Crippen LogP contribution in [0.25, 0.3) is 0 Å². The van der Waals surface area contributed by atoms with E-state index in [4.69, 9.17) is 0 Å². The highest BCUT2D eigenvalue weighted by molar-refractivity contribution is 7.98. The molecule has 1 amide bonds. The van der Waals surface area contributed by atoms with Gasteiger partial charge in [-0.2, -0.15) is 11.8 Å². The highest BCUT2D eigenvalue weighted by Gasteiger charge is 2.36. The third kappa shape index (κ3) is 2.89. The topological polar surface area (TPSA) is 41.1 Å². The Bertz CT molecular complexity index is 202. The van der Waals surface area contributed by atoms with E-state index in [0.29, 0.717) is 0 Å². The van der Waals surface area contributed by atoms with Crippen LogP contribution >= 0.6 is 11.8 Å². The molecule has 0 spiro atoms. The van der Waals surface area contributed by atoms with Crippen molar-refractivity contribution >= 4 is 17.7 Å². The molecule has 1 aliphatic rings. The fourth-order valence-corrected chi connectivity index (χ4v) is 2.35. The monoisotopic (exact) mass is 216 g/mol. The lowest BCUT2D eigenvalue weighted by Crippen LogP contribution is -2.53. The largest absolute Gasteiger partial charge is 0.351 e. The quantitative estimate of drug-likeness (QED) is 0.736. The number of nitrogens with one attached hydrogen (secondary N) is 2. The van der Waals surface area contributed by atoms with Crippen LogP contribution in [0.1, 0.15) is 26.7 Å². The third-order valence-corrected chi connectivity index (χ3v) is 3.50. The SMILES string of the molecule is CSCC(C)NC(=O)C1(C)CCCN1. The molecule has 0 aromatic rings. The predicted octanol–water partition coefficient (Wildman–Crippen LogP) is 0.996. The van der Waals surface area contributed by atoms with Gasteiger partial charge in [0.05, 0.1) is 5.54 Å². The summed E-state index contributed by atoms with van der Waals surface area (Å²) in [4.78, 5) is 11.9. The first-order valence-electron chi connectivity index (χ1n) is 5.13. The number of hydrogen-bond donors (Lipinski definition) is 2. The van der Waals surface area contributed by atoms with Crippen LogP contribution in [-0.4, -0.2) is 36.0 Å². The van der Waals surface area contributed by atoms with Crippen LogP contribution in [0.2, 0.25) is 0 Å². The number of carbonyl (C=O) groups is 1. The van der Waals surface area contributed by atoms with Crippen molar-refractivity contribution in [3.05, 3.63) is 0 Å². The Morgan fingerprint density at radius 2 is 2.43 bits per heavy atom. The van der Waals surface area contributed by atoms with Crippen LogP contribution in [0.5, 0.6) is 0 Å². The summed E-state index contributed by atoms with van der Waals surface area (Å²) in [5.74, 6) is 1.12. The first-order chi connectivity index (χ1) is 6.58. The summed E-state index contributed by atoms with van der Waals surface area (Å²) in [5, 5.41) is 6.30. The minimum Gasteiger partial charge on any atom is -0.351 e. The molecule has 1 saturated heterocycles. The van der Waals surface area contributed by atoms with Gasteiger partial charge in [-0.1, -0.05) is 0 Å². The van der Waals surface area contributed by atoms with E-state index in [2.05, 4.69) is 16.9 Å². The third-order valence-electron chi connectivity index (χ3n) is 2.66. The van der Waals surface area contributed by atoms with Crippen molar-refractivity contribution < 1.29 is 4.79 Å². The molecular weight excluding hydrogens is 196 g/mol. The summed E-state index contributed by atoms with van der Waals surface area (Å²) in [6, 6.07) is 0.261. The van der Waals surface area contributed by atoms with Gasteiger partial charge in [0.25, 0.3) is 0 Å². The second-order valence-corrected chi connectivity index (χ2v) is 5.10. The van der Waals surface area contributed by atoms with Crippen LogP contribution in [-0.2, 0) is 4.79 Å². The van der Waals surface area contributed by atoms with E-state index in [0.717, 1.165) is 25.1 Å². The first-order valence-corrected chi connectivity index (χ1v) is 6.53. The van der Waals surface area contributed by atoms with Gasteiger partial charge in [-0.05, 0) is 39.5 Å². The zero-order valence-corrected chi connectivity index (χ0v) is 10.0. The fourth-order valence-electron chi connectivity index (χ4n) is 1.76. The van der Waals surface area contributed by atoms with E-state index < -0.39 is 0 Å². The van der Waals surface area contributed by atoms with E-state index in [1.165, 1.54) is 0 Å². The molecule has 0 aromatic heterocycles. The predicted molar refractivity (Wildman–Crippen MR) is 61.6 cm³/mol. The molecule has 1 rings (SSSR count). The van der Waals surface area contributed by atoms with Crippen LogP contribution in [0.3, 0.4) is 0 Å². The molecule has 0 saturated carbocycles. The number of carbonyl (C=O) groups excluding carboxylic acids is 1. The minimum absolute atomic E-state index is 0.150. The molecule has 1 heterocycles. The highest BCUT2D eigenvalue weighted by Crippen LogP contribution is 2.18. The molecule has 2 atom stereocenters. The Hall–Kier alpha value is -0.220. The number of rotatable bonds is 4. The van der Waals surface area contributed by atoms with Crippen LogP contribution in [0.15, 0.2) is 0 Å². The molecule has 0 radical (unpaired) electrons. The van der Waals surface area contributed by atoms with Crippen LogP contribution in [0.4, 0.5) is 0 Å². The van der Waals surface area contributed by atoms with Crippen LogP contribution < -0.4 is 10.6 Å². The zero-order valence-electron chi connectivity index (χ0n) is 9.22. The lowest BCUT2D eigenvalue weighted by Gasteiger charge is -2.25. The molecule has 2 unspecified atom stereocenters. The van der Waals surface area contributed by atoms with E-state index >= 15 is 0 Å². The smallest absolute Gasteiger partial charge is 0.240 e. The van der Waals surface area contributed by atoms with Gasteiger partial charge >= 0.3 is 0 Å². The number of amides is 1. The first kappa shape index (κ1) is 11.9. The van der Waals surface area contributed by atoms with Crippen molar-refractivity contribution in [2.24, 2.45) is 0 Å². The summed E-state index contributed by atoms with van der Waals surface area (Å²) in [5.41, 5.74) is -0.327. The maximum atomic E-state index is 11.9. The van der Waals surface area contributed by atoms with Gasteiger partial charge in [-0.25, -0.2) is 0 Å². The summed E-state index contributed by atoms with van der Waals surface area (Å²) in [6.45, 7) is 4.99. The van der Waals surface area contributed by atoms with E-state index in [1.807, 2.05) is 13.8 Å². The van der Waals surface area contributed by atoms with Crippen molar-refractivity contribution in [1.82, 2.24) is 10.6 Å². The Labute approximate surface area is 90.4 Å². The fraction of sp³-hybridized carbons (Fsp3) is 0.900. The van der Waals surface area contributed by atoms with Crippen molar-refractivity contribution in [2.75, 3.05) is 18.6 Å². The molecule has 0 bridgehead atoms. The molecule has 4 heteroatoms. The molecule has 0 aliphatic carbocycles. The van der Waals surface area contributed by atoms with Gasteiger partial charge in [-0.15, -0.1) is 0 Å². The number of hydrogen-bond acceptors (Lipinski definition) is 3. The van der Waals surface area contributed by atoms with Gasteiger partial charge < -0.3 is 10.6 Å². The second-order valence-electron chi connectivity index (χ2n) is 4.19. The maximum absolute atomic E-state index is 11.9. The highest BCUT2D eigenvalue weighted by atomic mass is 32.2. The molecule has 1 fully saturated rings. The average molecular weight is 216 g/mol. The van der Waals surface area contributed by atoms with Gasteiger partial charge in [0.1, 0.15) is 0 Å². The van der Waals surface area contributed by atoms with Crippen molar-refractivity contribution in [2.45, 2.75) is 38.3 Å². The molecule has 3 nitrogen and oxygen atoms in total. The summed E-state index contributed by atoms with van der Waals surface area (Å²) in [7, 11) is 0. The number of thioether (sulfide) groups is 1. The Kier molecular flexibility index (Phi) is 4.26. The van der Waals surface area contributed by atoms with Gasteiger partial charge in [0, 0.05) is 11.8 Å². The molecule has 1 aliphatic heterocycles. The maximum Gasteiger partial charge on any atom is 0.240 e. The van der Waals surface area contributed by atoms with E-state index in [1.54, 1.807) is 11.8 Å². The Morgan fingerprint density at radius 3 is 2.93 bits per heavy atom. The second kappa shape index (κ2) is 5.03. The standard InChI is InChI=1S/C10H20N2OS/c1-8(7-14-3)12-9(13)10(2)5-4-6-11-10/h8,11H,4-7H2,1-3H3,(H,12,13). The van der Waals surface area contributed by atoms with E-state index in [9.17, 15) is 4.79 Å². The Morgan fingerprint density at radius 1 is 1.71 bits per heavy atom. The zero-order chi connectivity index (χ0) is 10.6. The molecule has 2 N–H and O–H groups in total. The van der Waals surface area contributed by atoms with Crippen molar-refractivity contribution in [1.29, 1.82) is 0 Å². The summed E-state index contributed by atoms with van der Waals surface area (Å²) < 4.78 is 0. The van der Waals surface area contributed by atoms with E-state index in [-0.39, 0.29) is 17.5 Å². The van der Waals surface area contributed by atoms with Gasteiger partial charge in [-0.3, -0.25) is 4.79 Å². The molecular formula is C10H20N2OS. The molecule has 0 aromatic carbocycles. The van der Waals surface area contributed by atoms with Gasteiger partial charge in [0.15, 0.2) is 0 Å². The summed E-state index contributed by atoms with van der Waals surface area (Å²) in [6.07, 6.45) is 4.10. The van der Waals surface area contributed by atoms with Crippen molar-refractivity contribution in [3.8, 4) is 0 Å². The molecule has 82 valence electrons. The lowest BCUT2D eigenvalue weighted by atomic mass is 9.99. The normalized spacial score (nSPS) is 28.8. The average Bonchev–Trinajstić information content (AvgIpc) is 2.54. The summed E-state index contributed by atoms with van der Waals surface area (Å²) >= 11 is 1.76. The van der Waals surface area contributed by atoms with Crippen molar-refractivity contribution in [3.63, 3.8) is 0 Å². The Balaban J connectivity index is 2.40.